The van der Waals surface area contributed by atoms with Crippen LogP contribution in [0.5, 0.6) is 5.75 Å². The summed E-state index contributed by atoms with van der Waals surface area (Å²) in [6, 6.07) is 11.2. The lowest BCUT2D eigenvalue weighted by Gasteiger charge is -2.03. The van der Waals surface area contributed by atoms with Gasteiger partial charge < -0.3 is 9.84 Å². The minimum absolute atomic E-state index is 0.110. The number of carbonyl (C=O) groups is 1. The molecule has 0 aliphatic heterocycles. The van der Waals surface area contributed by atoms with Crippen LogP contribution in [0, 0.1) is 0 Å². The van der Waals surface area contributed by atoms with Gasteiger partial charge in [0.25, 0.3) is 0 Å². The molecule has 0 spiro atoms. The molecule has 3 rings (SSSR count). The predicted octanol–water partition coefficient (Wildman–Crippen LogP) is 2.03. The quantitative estimate of drug-likeness (QED) is 0.792. The number of ether oxygens (including phenoxy) is 1. The molecule has 0 aliphatic rings. The van der Waals surface area contributed by atoms with Crippen molar-refractivity contribution in [3.63, 3.8) is 0 Å². The molecule has 3 aromatic rings. The molecule has 0 radical (unpaired) electrons. The zero-order valence-electron chi connectivity index (χ0n) is 11.4. The molecule has 0 atom stereocenters. The number of aromatic nitrogens is 3. The van der Waals surface area contributed by atoms with Crippen LogP contribution in [0.2, 0.25) is 0 Å². The number of methoxy groups -OCH3 is 1. The molecule has 0 aliphatic carbocycles. The van der Waals surface area contributed by atoms with Gasteiger partial charge in [-0.3, -0.25) is 4.79 Å². The molecule has 6 nitrogen and oxygen atoms in total. The van der Waals surface area contributed by atoms with Crippen molar-refractivity contribution in [3.05, 3.63) is 48.3 Å². The standard InChI is InChI=1S/C15H13N3O3/c1-21-12-4-2-10(3-5-12)13-6-7-14-16-11(8-15(19)20)9-18(14)17-13/h2-7,9H,8H2,1H3,(H,19,20). The fourth-order valence-corrected chi connectivity index (χ4v) is 2.09. The van der Waals surface area contributed by atoms with Crippen molar-refractivity contribution in [2.75, 3.05) is 7.11 Å². The van der Waals surface area contributed by atoms with Gasteiger partial charge in [-0.25, -0.2) is 9.50 Å². The molecule has 0 saturated heterocycles. The van der Waals surface area contributed by atoms with Crippen LogP contribution in [0.4, 0.5) is 0 Å². The number of imidazole rings is 1. The SMILES string of the molecule is COc1ccc(-c2ccc3nc(CC(=O)O)cn3n2)cc1. The summed E-state index contributed by atoms with van der Waals surface area (Å²) in [7, 11) is 1.62. The van der Waals surface area contributed by atoms with Gasteiger partial charge in [-0.05, 0) is 36.4 Å². The zero-order valence-corrected chi connectivity index (χ0v) is 11.4. The third-order valence-electron chi connectivity index (χ3n) is 3.09. The highest BCUT2D eigenvalue weighted by atomic mass is 16.5. The van der Waals surface area contributed by atoms with E-state index < -0.39 is 5.97 Å². The highest BCUT2D eigenvalue weighted by Crippen LogP contribution is 2.20. The van der Waals surface area contributed by atoms with Gasteiger partial charge in [0.15, 0.2) is 5.65 Å². The summed E-state index contributed by atoms with van der Waals surface area (Å²) in [4.78, 5) is 14.9. The summed E-state index contributed by atoms with van der Waals surface area (Å²) in [5, 5.41) is 13.2. The number of fused-ring (bicyclic) bond motifs is 1. The first kappa shape index (κ1) is 13.1. The highest BCUT2D eigenvalue weighted by molar-refractivity contribution is 5.70. The molecule has 106 valence electrons. The molecule has 2 aromatic heterocycles. The van der Waals surface area contributed by atoms with Gasteiger partial charge in [0.1, 0.15) is 5.75 Å². The van der Waals surface area contributed by atoms with Crippen molar-refractivity contribution in [1.29, 1.82) is 0 Å². The normalized spacial score (nSPS) is 10.7. The van der Waals surface area contributed by atoms with Gasteiger partial charge in [-0.15, -0.1) is 0 Å². The molecule has 2 heterocycles. The van der Waals surface area contributed by atoms with E-state index in [1.165, 1.54) is 0 Å². The summed E-state index contributed by atoms with van der Waals surface area (Å²) in [5.74, 6) is -0.125. The fraction of sp³-hybridized carbons (Fsp3) is 0.133. The summed E-state index contributed by atoms with van der Waals surface area (Å²) in [5.41, 5.74) is 2.85. The first-order chi connectivity index (χ1) is 10.2. The Morgan fingerprint density at radius 1 is 1.24 bits per heavy atom. The monoisotopic (exact) mass is 283 g/mol. The van der Waals surface area contributed by atoms with Gasteiger partial charge in [0.2, 0.25) is 0 Å². The van der Waals surface area contributed by atoms with Gasteiger partial charge in [-0.2, -0.15) is 5.10 Å². The molecule has 0 saturated carbocycles. The van der Waals surface area contributed by atoms with E-state index >= 15 is 0 Å². The fourth-order valence-electron chi connectivity index (χ4n) is 2.09. The van der Waals surface area contributed by atoms with E-state index in [1.807, 2.05) is 36.4 Å². The van der Waals surface area contributed by atoms with Crippen LogP contribution in [-0.4, -0.2) is 32.8 Å². The number of rotatable bonds is 4. The summed E-state index contributed by atoms with van der Waals surface area (Å²) >= 11 is 0. The number of carboxylic acids is 1. The van der Waals surface area contributed by atoms with Gasteiger partial charge >= 0.3 is 5.97 Å². The van der Waals surface area contributed by atoms with Crippen molar-refractivity contribution < 1.29 is 14.6 Å². The average molecular weight is 283 g/mol. The second-order valence-electron chi connectivity index (χ2n) is 4.55. The highest BCUT2D eigenvalue weighted by Gasteiger charge is 2.08. The molecule has 0 fully saturated rings. The van der Waals surface area contributed by atoms with E-state index in [-0.39, 0.29) is 6.42 Å². The second kappa shape index (κ2) is 5.24. The lowest BCUT2D eigenvalue weighted by molar-refractivity contribution is -0.136. The van der Waals surface area contributed by atoms with Crippen LogP contribution in [-0.2, 0) is 11.2 Å². The molecule has 1 N–H and O–H groups in total. The topological polar surface area (TPSA) is 76.7 Å². The van der Waals surface area contributed by atoms with E-state index in [0.717, 1.165) is 17.0 Å². The zero-order chi connectivity index (χ0) is 14.8. The smallest absolute Gasteiger partial charge is 0.309 e. The summed E-state index contributed by atoms with van der Waals surface area (Å²) < 4.78 is 6.72. The first-order valence-corrected chi connectivity index (χ1v) is 6.37. The number of aliphatic carboxylic acids is 1. The molecular formula is C15H13N3O3. The minimum atomic E-state index is -0.909. The van der Waals surface area contributed by atoms with E-state index in [2.05, 4.69) is 10.1 Å². The van der Waals surface area contributed by atoms with Crippen LogP contribution < -0.4 is 4.74 Å². The molecule has 0 unspecified atom stereocenters. The maximum Gasteiger partial charge on any atom is 0.309 e. The Bertz CT molecular complexity index is 794. The van der Waals surface area contributed by atoms with Gasteiger partial charge in [0.05, 0.1) is 31.1 Å². The van der Waals surface area contributed by atoms with Crippen molar-refractivity contribution in [2.45, 2.75) is 6.42 Å². The van der Waals surface area contributed by atoms with Crippen LogP contribution in [0.25, 0.3) is 16.9 Å². The van der Waals surface area contributed by atoms with Crippen molar-refractivity contribution >= 4 is 11.6 Å². The Labute approximate surface area is 120 Å². The van der Waals surface area contributed by atoms with Crippen molar-refractivity contribution in [2.24, 2.45) is 0 Å². The molecule has 21 heavy (non-hydrogen) atoms. The Hall–Kier alpha value is -2.89. The minimum Gasteiger partial charge on any atom is -0.497 e. The third kappa shape index (κ3) is 2.69. The van der Waals surface area contributed by atoms with E-state index in [1.54, 1.807) is 17.8 Å². The second-order valence-corrected chi connectivity index (χ2v) is 4.55. The van der Waals surface area contributed by atoms with E-state index in [0.29, 0.717) is 11.3 Å². The van der Waals surface area contributed by atoms with Crippen molar-refractivity contribution in [3.8, 4) is 17.0 Å². The largest absolute Gasteiger partial charge is 0.497 e. The van der Waals surface area contributed by atoms with Crippen LogP contribution >= 0.6 is 0 Å². The number of nitrogens with zero attached hydrogens (tertiary/aromatic N) is 3. The molecule has 0 bridgehead atoms. The number of hydrogen-bond donors (Lipinski definition) is 1. The molecule has 1 aromatic carbocycles. The predicted molar refractivity (Wildman–Crippen MR) is 76.3 cm³/mol. The van der Waals surface area contributed by atoms with Gasteiger partial charge in [-0.1, -0.05) is 0 Å². The van der Waals surface area contributed by atoms with Crippen molar-refractivity contribution in [1.82, 2.24) is 14.6 Å². The Balaban J connectivity index is 1.97. The number of hydrogen-bond acceptors (Lipinski definition) is 4. The molecule has 0 amide bonds. The number of carboxylic acid groups (broad SMARTS) is 1. The van der Waals surface area contributed by atoms with Crippen LogP contribution in [0.3, 0.4) is 0 Å². The summed E-state index contributed by atoms with van der Waals surface area (Å²) in [6.45, 7) is 0. The maximum absolute atomic E-state index is 10.7. The lowest BCUT2D eigenvalue weighted by Crippen LogP contribution is -1.99. The Kier molecular flexibility index (Phi) is 3.27. The molecular weight excluding hydrogens is 270 g/mol. The number of benzene rings is 1. The average Bonchev–Trinajstić information content (AvgIpc) is 2.87. The Morgan fingerprint density at radius 3 is 2.67 bits per heavy atom. The summed E-state index contributed by atoms with van der Waals surface area (Å²) in [6.07, 6.45) is 1.53. The van der Waals surface area contributed by atoms with Gasteiger partial charge in [0, 0.05) is 5.56 Å². The van der Waals surface area contributed by atoms with E-state index in [4.69, 9.17) is 9.84 Å². The first-order valence-electron chi connectivity index (χ1n) is 6.37. The van der Waals surface area contributed by atoms with Crippen LogP contribution in [0.15, 0.2) is 42.6 Å². The Morgan fingerprint density at radius 2 is 2.00 bits per heavy atom. The third-order valence-corrected chi connectivity index (χ3v) is 3.09. The van der Waals surface area contributed by atoms with Crippen LogP contribution in [0.1, 0.15) is 5.69 Å². The maximum atomic E-state index is 10.7. The lowest BCUT2D eigenvalue weighted by atomic mass is 10.1. The van der Waals surface area contributed by atoms with E-state index in [9.17, 15) is 4.79 Å². The molecule has 6 heteroatoms.